The van der Waals surface area contributed by atoms with Gasteiger partial charge in [-0.15, -0.1) is 0 Å². The molecule has 0 aromatic heterocycles. The highest BCUT2D eigenvalue weighted by atomic mass is 16.5. The van der Waals surface area contributed by atoms with Crippen LogP contribution in [0.1, 0.15) is 19.3 Å². The largest absolute Gasteiger partial charge is 0.484 e. The average molecular weight is 262 g/mol. The third kappa shape index (κ3) is 5.30. The first-order chi connectivity index (χ1) is 9.34. The van der Waals surface area contributed by atoms with Crippen molar-refractivity contribution in [3.63, 3.8) is 0 Å². The fourth-order valence-electron chi connectivity index (χ4n) is 2.30. The predicted octanol–water partition coefficient (Wildman–Crippen LogP) is 1.57. The van der Waals surface area contributed by atoms with Gasteiger partial charge in [0.1, 0.15) is 5.75 Å². The zero-order valence-electron chi connectivity index (χ0n) is 11.2. The van der Waals surface area contributed by atoms with E-state index in [0.717, 1.165) is 31.8 Å². The minimum atomic E-state index is -0.0485. The van der Waals surface area contributed by atoms with Gasteiger partial charge < -0.3 is 15.4 Å². The van der Waals surface area contributed by atoms with Crippen LogP contribution in [0.25, 0.3) is 0 Å². The van der Waals surface area contributed by atoms with E-state index in [0.29, 0.717) is 5.92 Å². The molecular formula is C15H22N2O2. The van der Waals surface area contributed by atoms with Crippen LogP contribution in [0.3, 0.4) is 0 Å². The molecule has 1 atom stereocenters. The molecule has 104 valence electrons. The van der Waals surface area contributed by atoms with Gasteiger partial charge in [0, 0.05) is 6.54 Å². The van der Waals surface area contributed by atoms with Crippen molar-refractivity contribution in [2.45, 2.75) is 19.3 Å². The summed E-state index contributed by atoms with van der Waals surface area (Å²) in [5.41, 5.74) is 0. The number of rotatable bonds is 6. The second-order valence-corrected chi connectivity index (χ2v) is 4.95. The fourth-order valence-corrected chi connectivity index (χ4v) is 2.30. The van der Waals surface area contributed by atoms with Gasteiger partial charge in [0.25, 0.3) is 5.91 Å². The number of piperidine rings is 1. The van der Waals surface area contributed by atoms with Gasteiger partial charge in [-0.25, -0.2) is 0 Å². The molecule has 0 saturated carbocycles. The van der Waals surface area contributed by atoms with Crippen LogP contribution in [0, 0.1) is 5.92 Å². The molecule has 2 rings (SSSR count). The predicted molar refractivity (Wildman–Crippen MR) is 75.2 cm³/mol. The summed E-state index contributed by atoms with van der Waals surface area (Å²) in [6.45, 7) is 3.04. The molecule has 0 spiro atoms. The molecule has 1 heterocycles. The number of hydrogen-bond donors (Lipinski definition) is 2. The molecule has 1 amide bonds. The van der Waals surface area contributed by atoms with Crippen LogP contribution in [0.2, 0.25) is 0 Å². The molecule has 0 radical (unpaired) electrons. The molecule has 4 nitrogen and oxygen atoms in total. The molecule has 1 unspecified atom stereocenters. The summed E-state index contributed by atoms with van der Waals surface area (Å²) in [6, 6.07) is 9.40. The van der Waals surface area contributed by atoms with Gasteiger partial charge in [0.2, 0.25) is 0 Å². The molecule has 2 N–H and O–H groups in total. The first-order valence-corrected chi connectivity index (χ1v) is 7.00. The average Bonchev–Trinajstić information content (AvgIpc) is 2.47. The Morgan fingerprint density at radius 2 is 2.21 bits per heavy atom. The Kier molecular flexibility index (Phi) is 5.69. The summed E-state index contributed by atoms with van der Waals surface area (Å²) in [5, 5.41) is 6.29. The van der Waals surface area contributed by atoms with E-state index in [2.05, 4.69) is 10.6 Å². The van der Waals surface area contributed by atoms with Gasteiger partial charge >= 0.3 is 0 Å². The molecule has 4 heteroatoms. The standard InChI is InChI=1S/C15H22N2O2/c18-15(12-19-14-6-2-1-3-7-14)17-10-8-13-5-4-9-16-11-13/h1-3,6-7,13,16H,4-5,8-12H2,(H,17,18). The molecule has 1 aliphatic rings. The van der Waals surface area contributed by atoms with Crippen molar-refractivity contribution in [1.82, 2.24) is 10.6 Å². The molecule has 1 saturated heterocycles. The highest BCUT2D eigenvalue weighted by Crippen LogP contribution is 2.12. The highest BCUT2D eigenvalue weighted by Gasteiger charge is 2.12. The van der Waals surface area contributed by atoms with E-state index in [1.165, 1.54) is 12.8 Å². The number of nitrogens with one attached hydrogen (secondary N) is 2. The molecule has 1 fully saturated rings. The Balaban J connectivity index is 1.57. The SMILES string of the molecule is O=C(COc1ccccc1)NCCC1CCCNC1. The maximum absolute atomic E-state index is 11.6. The Labute approximate surface area is 114 Å². The third-order valence-corrected chi connectivity index (χ3v) is 3.39. The normalized spacial score (nSPS) is 18.8. The number of ether oxygens (including phenoxy) is 1. The molecule has 19 heavy (non-hydrogen) atoms. The Morgan fingerprint density at radius 1 is 1.37 bits per heavy atom. The minimum absolute atomic E-state index is 0.0485. The molecule has 1 aliphatic heterocycles. The lowest BCUT2D eigenvalue weighted by Gasteiger charge is -2.22. The Morgan fingerprint density at radius 3 is 2.95 bits per heavy atom. The Hall–Kier alpha value is -1.55. The number of amides is 1. The van der Waals surface area contributed by atoms with Crippen molar-refractivity contribution in [1.29, 1.82) is 0 Å². The maximum Gasteiger partial charge on any atom is 0.257 e. The Bertz CT molecular complexity index is 375. The topological polar surface area (TPSA) is 50.4 Å². The van der Waals surface area contributed by atoms with E-state index in [9.17, 15) is 4.79 Å². The summed E-state index contributed by atoms with van der Waals surface area (Å²) in [6.07, 6.45) is 3.56. The first-order valence-electron chi connectivity index (χ1n) is 7.00. The van der Waals surface area contributed by atoms with E-state index in [4.69, 9.17) is 4.74 Å². The van der Waals surface area contributed by atoms with Crippen molar-refractivity contribution in [2.75, 3.05) is 26.2 Å². The number of benzene rings is 1. The van der Waals surface area contributed by atoms with Crippen molar-refractivity contribution in [3.05, 3.63) is 30.3 Å². The van der Waals surface area contributed by atoms with Gasteiger partial charge in [-0.2, -0.15) is 0 Å². The summed E-state index contributed by atoms with van der Waals surface area (Å²) in [5.74, 6) is 1.38. The van der Waals surface area contributed by atoms with Crippen LogP contribution < -0.4 is 15.4 Å². The summed E-state index contributed by atoms with van der Waals surface area (Å²) < 4.78 is 5.39. The second-order valence-electron chi connectivity index (χ2n) is 4.95. The van der Waals surface area contributed by atoms with Crippen LogP contribution in [0.15, 0.2) is 30.3 Å². The van der Waals surface area contributed by atoms with E-state index < -0.39 is 0 Å². The highest BCUT2D eigenvalue weighted by molar-refractivity contribution is 5.77. The summed E-state index contributed by atoms with van der Waals surface area (Å²) in [7, 11) is 0. The van der Waals surface area contributed by atoms with Gasteiger partial charge in [0.15, 0.2) is 6.61 Å². The van der Waals surface area contributed by atoms with E-state index in [1.54, 1.807) is 0 Å². The van der Waals surface area contributed by atoms with Crippen molar-refractivity contribution in [3.8, 4) is 5.75 Å². The van der Waals surface area contributed by atoms with E-state index in [1.807, 2.05) is 30.3 Å². The number of hydrogen-bond acceptors (Lipinski definition) is 3. The number of carbonyl (C=O) groups excluding carboxylic acids is 1. The number of para-hydroxylation sites is 1. The molecule has 0 bridgehead atoms. The van der Waals surface area contributed by atoms with E-state index in [-0.39, 0.29) is 12.5 Å². The molecule has 1 aromatic rings. The van der Waals surface area contributed by atoms with Crippen molar-refractivity contribution in [2.24, 2.45) is 5.92 Å². The fraction of sp³-hybridized carbons (Fsp3) is 0.533. The van der Waals surface area contributed by atoms with Gasteiger partial charge in [-0.3, -0.25) is 4.79 Å². The van der Waals surface area contributed by atoms with Crippen LogP contribution in [-0.2, 0) is 4.79 Å². The monoisotopic (exact) mass is 262 g/mol. The summed E-state index contributed by atoms with van der Waals surface area (Å²) in [4.78, 5) is 11.6. The maximum atomic E-state index is 11.6. The van der Waals surface area contributed by atoms with Crippen LogP contribution in [0.4, 0.5) is 0 Å². The lowest BCUT2D eigenvalue weighted by molar-refractivity contribution is -0.123. The lowest BCUT2D eigenvalue weighted by Crippen LogP contribution is -2.34. The van der Waals surface area contributed by atoms with Gasteiger partial charge in [-0.1, -0.05) is 18.2 Å². The van der Waals surface area contributed by atoms with Crippen molar-refractivity contribution >= 4 is 5.91 Å². The lowest BCUT2D eigenvalue weighted by atomic mass is 9.96. The quantitative estimate of drug-likeness (QED) is 0.818. The van der Waals surface area contributed by atoms with Crippen LogP contribution in [0.5, 0.6) is 5.75 Å². The molecule has 0 aliphatic carbocycles. The zero-order chi connectivity index (χ0) is 13.3. The van der Waals surface area contributed by atoms with Crippen molar-refractivity contribution < 1.29 is 9.53 Å². The van der Waals surface area contributed by atoms with Gasteiger partial charge in [-0.05, 0) is 50.4 Å². The number of carbonyl (C=O) groups is 1. The summed E-state index contributed by atoms with van der Waals surface area (Å²) >= 11 is 0. The van der Waals surface area contributed by atoms with Gasteiger partial charge in [0.05, 0.1) is 0 Å². The van der Waals surface area contributed by atoms with E-state index >= 15 is 0 Å². The zero-order valence-corrected chi connectivity index (χ0v) is 11.2. The molecule has 1 aromatic carbocycles. The third-order valence-electron chi connectivity index (χ3n) is 3.39. The van der Waals surface area contributed by atoms with Crippen LogP contribution >= 0.6 is 0 Å². The molecular weight excluding hydrogens is 240 g/mol. The first kappa shape index (κ1) is 13.9. The second kappa shape index (κ2) is 7.79. The smallest absolute Gasteiger partial charge is 0.257 e. The minimum Gasteiger partial charge on any atom is -0.484 e. The van der Waals surface area contributed by atoms with Crippen LogP contribution in [-0.4, -0.2) is 32.1 Å².